The van der Waals surface area contributed by atoms with Gasteiger partial charge >= 0.3 is 5.97 Å². The van der Waals surface area contributed by atoms with Crippen molar-refractivity contribution in [2.75, 3.05) is 13.2 Å². The van der Waals surface area contributed by atoms with Crippen LogP contribution in [0.5, 0.6) is 0 Å². The van der Waals surface area contributed by atoms with Crippen LogP contribution in [0.2, 0.25) is 0 Å². The fourth-order valence-corrected chi connectivity index (χ4v) is 10.9. The van der Waals surface area contributed by atoms with Gasteiger partial charge in [-0.15, -0.1) is 0 Å². The van der Waals surface area contributed by atoms with Crippen molar-refractivity contribution in [3.63, 3.8) is 0 Å². The van der Waals surface area contributed by atoms with Crippen LogP contribution in [0.25, 0.3) is 0 Å². The average molecular weight is 787 g/mol. The lowest BCUT2D eigenvalue weighted by molar-refractivity contribution is -0.0664. The van der Waals surface area contributed by atoms with E-state index in [1.165, 1.54) is 57.8 Å². The number of fused-ring (bicyclic) bond motifs is 5. The molecule has 228 valence electrons. The van der Waals surface area contributed by atoms with Crippen molar-refractivity contribution in [3.8, 4) is 0 Å². The van der Waals surface area contributed by atoms with E-state index >= 15 is 0 Å². The van der Waals surface area contributed by atoms with Gasteiger partial charge in [-0.2, -0.15) is 0 Å². The van der Waals surface area contributed by atoms with E-state index in [9.17, 15) is 4.79 Å². The van der Waals surface area contributed by atoms with E-state index in [-0.39, 0.29) is 12.1 Å². The Morgan fingerprint density at radius 1 is 1.00 bits per heavy atom. The molecular weight excluding hydrogens is 734 g/mol. The van der Waals surface area contributed by atoms with Gasteiger partial charge in [0.15, 0.2) is 0 Å². The van der Waals surface area contributed by atoms with Crippen molar-refractivity contribution in [1.29, 1.82) is 0 Å². The molecule has 0 aromatic heterocycles. The molecule has 5 heteroatoms. The Hall–Kier alpha value is -0.150. The lowest BCUT2D eigenvalue weighted by atomic mass is 9.47. The van der Waals surface area contributed by atoms with Crippen LogP contribution in [0.1, 0.15) is 116 Å². The molecule has 3 nitrogen and oxygen atoms in total. The minimum absolute atomic E-state index is 0.249. The van der Waals surface area contributed by atoms with Gasteiger partial charge in [0.25, 0.3) is 0 Å². The van der Waals surface area contributed by atoms with Gasteiger partial charge in [-0.25, -0.2) is 4.79 Å². The smallest absolute Gasteiger partial charge is 0.339 e. The fraction of sp³-hybridized carbons (Fsp3) is 0.750. The molecule has 5 rings (SSSR count). The second-order valence-electron chi connectivity index (χ2n) is 14.8. The zero-order valence-electron chi connectivity index (χ0n) is 26.0. The molecule has 0 amide bonds. The van der Waals surface area contributed by atoms with Crippen LogP contribution in [0.3, 0.4) is 0 Å². The lowest BCUT2D eigenvalue weighted by Gasteiger charge is -2.58. The summed E-state index contributed by atoms with van der Waals surface area (Å²) in [5.74, 6) is 5.00. The van der Waals surface area contributed by atoms with Crippen LogP contribution in [0.15, 0.2) is 29.8 Å². The molecule has 0 heterocycles. The largest absolute Gasteiger partial charge is 0.460 e. The predicted molar refractivity (Wildman–Crippen MR) is 185 cm³/mol. The highest BCUT2D eigenvalue weighted by Gasteiger charge is 2.59. The van der Waals surface area contributed by atoms with Crippen LogP contribution in [0, 0.1) is 53.5 Å². The molecule has 4 aliphatic rings. The van der Waals surface area contributed by atoms with Gasteiger partial charge in [-0.3, -0.25) is 0 Å². The molecule has 1 aromatic carbocycles. The summed E-state index contributed by atoms with van der Waals surface area (Å²) in [4.78, 5) is 12.6. The summed E-state index contributed by atoms with van der Waals surface area (Å²) in [6, 6.07) is 5.86. The monoisotopic (exact) mass is 786 g/mol. The lowest BCUT2D eigenvalue weighted by Crippen LogP contribution is -2.51. The Morgan fingerprint density at radius 3 is 2.59 bits per heavy atom. The summed E-state index contributed by atoms with van der Waals surface area (Å²) in [5.41, 5.74) is 3.21. The maximum absolute atomic E-state index is 12.6. The SMILES string of the molecule is CC(C)CCC[C@@H](C)[C@H]1CC[C@H]2[C@@H]3CC=C4C[C@@H](OCCOC(=O)c5cc(I)ccc5I)CC[C@]4(C)[C@H]3CC[C@]12C. The number of esters is 1. The maximum atomic E-state index is 12.6. The van der Waals surface area contributed by atoms with E-state index in [0.717, 1.165) is 55.5 Å². The van der Waals surface area contributed by atoms with Crippen molar-refractivity contribution in [1.82, 2.24) is 0 Å². The summed E-state index contributed by atoms with van der Waals surface area (Å²) in [7, 11) is 0. The Bertz CT molecular complexity index is 1110. The zero-order valence-corrected chi connectivity index (χ0v) is 30.3. The molecule has 4 aliphatic carbocycles. The molecular formula is C36H52I2O3. The number of ether oxygens (including phenoxy) is 2. The fourth-order valence-electron chi connectivity index (χ4n) is 9.88. The molecule has 0 bridgehead atoms. The Labute approximate surface area is 277 Å². The first kappa shape index (κ1) is 32.2. The zero-order chi connectivity index (χ0) is 29.4. The van der Waals surface area contributed by atoms with Crippen molar-refractivity contribution in [2.45, 2.75) is 111 Å². The third-order valence-corrected chi connectivity index (χ3v) is 13.7. The second kappa shape index (κ2) is 13.5. The average Bonchev–Trinajstić information content (AvgIpc) is 3.29. The molecule has 3 saturated carbocycles. The summed E-state index contributed by atoms with van der Waals surface area (Å²) < 4.78 is 13.8. The van der Waals surface area contributed by atoms with Crippen LogP contribution < -0.4 is 0 Å². The van der Waals surface area contributed by atoms with Gasteiger partial charge in [0, 0.05) is 7.14 Å². The number of carbonyl (C=O) groups excluding carboxylic acids is 1. The molecule has 3 fully saturated rings. The van der Waals surface area contributed by atoms with Gasteiger partial charge in [-0.05, 0) is 161 Å². The molecule has 0 unspecified atom stereocenters. The van der Waals surface area contributed by atoms with E-state index in [4.69, 9.17) is 9.47 Å². The Kier molecular flexibility index (Phi) is 10.6. The molecule has 1 aromatic rings. The third-order valence-electron chi connectivity index (χ3n) is 12.1. The molecule has 8 atom stereocenters. The van der Waals surface area contributed by atoms with Crippen LogP contribution in [-0.2, 0) is 9.47 Å². The Morgan fingerprint density at radius 2 is 1.80 bits per heavy atom. The van der Waals surface area contributed by atoms with Crippen molar-refractivity contribution >= 4 is 51.2 Å². The molecule has 0 N–H and O–H groups in total. The summed E-state index contributed by atoms with van der Waals surface area (Å²) in [5, 5.41) is 0. The van der Waals surface area contributed by atoms with Gasteiger partial charge in [0.05, 0.1) is 18.3 Å². The van der Waals surface area contributed by atoms with E-state index < -0.39 is 0 Å². The van der Waals surface area contributed by atoms with Crippen LogP contribution >= 0.6 is 45.2 Å². The Balaban J connectivity index is 1.14. The van der Waals surface area contributed by atoms with Gasteiger partial charge in [0.2, 0.25) is 0 Å². The first-order valence-electron chi connectivity index (χ1n) is 16.5. The third kappa shape index (κ3) is 6.77. The molecule has 41 heavy (non-hydrogen) atoms. The van der Waals surface area contributed by atoms with Gasteiger partial charge in [-0.1, -0.05) is 65.5 Å². The number of allylic oxidation sites excluding steroid dienone is 1. The van der Waals surface area contributed by atoms with Crippen molar-refractivity contribution < 1.29 is 14.3 Å². The molecule has 0 radical (unpaired) electrons. The molecule has 0 saturated heterocycles. The van der Waals surface area contributed by atoms with Gasteiger partial charge in [0.1, 0.15) is 6.61 Å². The van der Waals surface area contributed by atoms with Crippen LogP contribution in [-0.4, -0.2) is 25.3 Å². The molecule has 0 spiro atoms. The topological polar surface area (TPSA) is 35.5 Å². The predicted octanol–water partition coefficient (Wildman–Crippen LogP) is 10.5. The van der Waals surface area contributed by atoms with E-state index in [1.807, 2.05) is 18.2 Å². The highest BCUT2D eigenvalue weighted by Crippen LogP contribution is 2.67. The maximum Gasteiger partial charge on any atom is 0.339 e. The van der Waals surface area contributed by atoms with Crippen molar-refractivity contribution in [2.24, 2.45) is 46.3 Å². The van der Waals surface area contributed by atoms with E-state index in [1.54, 1.807) is 5.57 Å². The highest BCUT2D eigenvalue weighted by atomic mass is 127. The number of rotatable bonds is 10. The number of carbonyl (C=O) groups is 1. The first-order chi connectivity index (χ1) is 19.5. The highest BCUT2D eigenvalue weighted by molar-refractivity contribution is 14.1. The summed E-state index contributed by atoms with van der Waals surface area (Å²) >= 11 is 4.43. The number of hydrogen-bond acceptors (Lipinski definition) is 3. The standard InChI is InChI=1S/C36H52I2O3/c1-23(2)7-6-8-24(3)30-12-13-31-28-11-9-25-21-27(15-17-35(25,4)32(28)16-18-36(30,31)5)40-19-20-41-34(39)29-22-26(37)10-14-33(29)38/h9-10,14,22-24,27-28,30-32H,6-8,11-13,15-21H2,1-5H3/t24-,27+,28+,30-,31+,32+,35+,36-/m1/s1. The quantitative estimate of drug-likeness (QED) is 0.103. The number of hydrogen-bond donors (Lipinski definition) is 0. The summed E-state index contributed by atoms with van der Waals surface area (Å²) in [6.07, 6.45) is 17.6. The molecule has 0 aliphatic heterocycles. The summed E-state index contributed by atoms with van der Waals surface area (Å²) in [6.45, 7) is 13.4. The van der Waals surface area contributed by atoms with Gasteiger partial charge < -0.3 is 9.47 Å². The second-order valence-corrected chi connectivity index (χ2v) is 17.2. The first-order valence-corrected chi connectivity index (χ1v) is 18.6. The van der Waals surface area contributed by atoms with E-state index in [0.29, 0.717) is 29.6 Å². The number of halogens is 2. The van der Waals surface area contributed by atoms with Crippen molar-refractivity contribution in [3.05, 3.63) is 42.6 Å². The van der Waals surface area contributed by atoms with E-state index in [2.05, 4.69) is 85.9 Å². The van der Waals surface area contributed by atoms with Crippen LogP contribution in [0.4, 0.5) is 0 Å². The normalized spacial score (nSPS) is 35.3. The minimum atomic E-state index is -0.253. The minimum Gasteiger partial charge on any atom is -0.460 e. The number of benzene rings is 1.